The van der Waals surface area contributed by atoms with Gasteiger partial charge in [0.1, 0.15) is 6.79 Å². The lowest BCUT2D eigenvalue weighted by Crippen LogP contribution is -2.16. The average molecular weight is 260 g/mol. The summed E-state index contributed by atoms with van der Waals surface area (Å²) in [5.74, 6) is 0. The van der Waals surface area contributed by atoms with E-state index in [-0.39, 0.29) is 6.29 Å². The fourth-order valence-corrected chi connectivity index (χ4v) is 1.21. The minimum absolute atomic E-state index is 0.255. The van der Waals surface area contributed by atoms with Gasteiger partial charge in [0.25, 0.3) is 0 Å². The second kappa shape index (κ2) is 14.6. The number of ether oxygens (including phenoxy) is 4. The molecule has 0 radical (unpaired) electrons. The Morgan fingerprint density at radius 1 is 1.00 bits per heavy atom. The van der Waals surface area contributed by atoms with Gasteiger partial charge in [-0.05, 0) is 18.9 Å². The molecule has 0 rings (SSSR count). The summed E-state index contributed by atoms with van der Waals surface area (Å²) in [6, 6.07) is 0. The molecular formula is C14H28O4. The maximum absolute atomic E-state index is 5.64. The highest BCUT2D eigenvalue weighted by Gasteiger charge is 2.03. The summed E-state index contributed by atoms with van der Waals surface area (Å²) in [6.07, 6.45) is 7.92. The summed E-state index contributed by atoms with van der Waals surface area (Å²) in [7, 11) is 1.61. The van der Waals surface area contributed by atoms with Crippen LogP contribution in [0.4, 0.5) is 0 Å². The van der Waals surface area contributed by atoms with Gasteiger partial charge in [0.15, 0.2) is 6.29 Å². The summed E-state index contributed by atoms with van der Waals surface area (Å²) in [4.78, 5) is 0. The van der Waals surface area contributed by atoms with E-state index in [1.54, 1.807) is 7.11 Å². The molecule has 0 saturated heterocycles. The van der Waals surface area contributed by atoms with E-state index >= 15 is 0 Å². The van der Waals surface area contributed by atoms with Gasteiger partial charge in [0.2, 0.25) is 0 Å². The van der Waals surface area contributed by atoms with Crippen molar-refractivity contribution < 1.29 is 18.9 Å². The van der Waals surface area contributed by atoms with E-state index in [0.717, 1.165) is 38.9 Å². The zero-order valence-corrected chi connectivity index (χ0v) is 12.0. The van der Waals surface area contributed by atoms with Gasteiger partial charge in [-0.15, -0.1) is 0 Å². The van der Waals surface area contributed by atoms with Gasteiger partial charge in [-0.1, -0.05) is 32.8 Å². The Morgan fingerprint density at radius 2 is 1.61 bits per heavy atom. The first-order chi connectivity index (χ1) is 8.85. The van der Waals surface area contributed by atoms with Crippen molar-refractivity contribution in [3.63, 3.8) is 0 Å². The molecule has 0 spiro atoms. The summed E-state index contributed by atoms with van der Waals surface area (Å²) >= 11 is 0. The van der Waals surface area contributed by atoms with Gasteiger partial charge >= 0.3 is 0 Å². The molecular weight excluding hydrogens is 232 g/mol. The van der Waals surface area contributed by atoms with Gasteiger partial charge in [-0.2, -0.15) is 0 Å². The largest absolute Gasteiger partial charge is 0.359 e. The molecule has 18 heavy (non-hydrogen) atoms. The predicted molar refractivity (Wildman–Crippen MR) is 72.5 cm³/mol. The molecule has 0 N–H and O–H groups in total. The number of methoxy groups -OCH3 is 1. The van der Waals surface area contributed by atoms with E-state index in [4.69, 9.17) is 18.9 Å². The van der Waals surface area contributed by atoms with Crippen LogP contribution in [0.5, 0.6) is 0 Å². The third-order valence-corrected chi connectivity index (χ3v) is 2.27. The Kier molecular flexibility index (Phi) is 14.3. The second-order valence-electron chi connectivity index (χ2n) is 4.02. The monoisotopic (exact) mass is 260 g/mol. The second-order valence-corrected chi connectivity index (χ2v) is 4.02. The molecule has 0 aromatic carbocycles. The highest BCUT2D eigenvalue weighted by molar-refractivity contribution is 4.85. The predicted octanol–water partition coefficient (Wildman–Crippen LogP) is 3.12. The molecule has 0 aromatic heterocycles. The van der Waals surface area contributed by atoms with Crippen LogP contribution in [-0.4, -0.2) is 40.0 Å². The van der Waals surface area contributed by atoms with Crippen LogP contribution < -0.4 is 0 Å². The van der Waals surface area contributed by atoms with E-state index in [2.05, 4.69) is 13.8 Å². The summed E-state index contributed by atoms with van der Waals surface area (Å²) in [5.41, 5.74) is 0. The van der Waals surface area contributed by atoms with Gasteiger partial charge in [-0.25, -0.2) is 0 Å². The molecule has 0 aromatic rings. The lowest BCUT2D eigenvalue weighted by atomic mass is 10.3. The molecule has 0 saturated carbocycles. The number of unbranched alkanes of at least 4 members (excludes halogenated alkanes) is 2. The van der Waals surface area contributed by atoms with Crippen molar-refractivity contribution in [2.24, 2.45) is 0 Å². The first-order valence-electron chi connectivity index (χ1n) is 6.81. The van der Waals surface area contributed by atoms with Gasteiger partial charge in [0, 0.05) is 7.11 Å². The standard InChI is InChI=1S/C14H28O4/c1-4-6-11-17-14(18-12-7-5-2)9-8-10-16-13-15-3/h8-9,14H,4-7,10-13H2,1-3H3. The molecule has 0 unspecified atom stereocenters. The van der Waals surface area contributed by atoms with Crippen molar-refractivity contribution in [2.75, 3.05) is 33.7 Å². The van der Waals surface area contributed by atoms with Crippen LogP contribution in [0.3, 0.4) is 0 Å². The lowest BCUT2D eigenvalue weighted by Gasteiger charge is -2.15. The number of hydrogen-bond acceptors (Lipinski definition) is 4. The first kappa shape index (κ1) is 17.6. The van der Waals surface area contributed by atoms with E-state index in [9.17, 15) is 0 Å². The Hall–Kier alpha value is -0.420. The maximum Gasteiger partial charge on any atom is 0.176 e. The summed E-state index contributed by atoms with van der Waals surface area (Å²) in [6.45, 7) is 6.57. The number of hydrogen-bond donors (Lipinski definition) is 0. The fourth-order valence-electron chi connectivity index (χ4n) is 1.21. The third-order valence-electron chi connectivity index (χ3n) is 2.27. The van der Waals surface area contributed by atoms with Crippen LogP contribution in [0, 0.1) is 0 Å². The zero-order chi connectivity index (χ0) is 13.5. The van der Waals surface area contributed by atoms with Crippen LogP contribution in [0.15, 0.2) is 12.2 Å². The average Bonchev–Trinajstić information content (AvgIpc) is 2.38. The van der Waals surface area contributed by atoms with Crippen LogP contribution in [0.1, 0.15) is 39.5 Å². The topological polar surface area (TPSA) is 36.9 Å². The normalized spacial score (nSPS) is 11.8. The van der Waals surface area contributed by atoms with Crippen molar-refractivity contribution in [3.8, 4) is 0 Å². The van der Waals surface area contributed by atoms with Crippen LogP contribution in [-0.2, 0) is 18.9 Å². The molecule has 4 heteroatoms. The van der Waals surface area contributed by atoms with Crippen molar-refractivity contribution in [3.05, 3.63) is 12.2 Å². The van der Waals surface area contributed by atoms with Gasteiger partial charge < -0.3 is 18.9 Å². The third kappa shape index (κ3) is 12.0. The van der Waals surface area contributed by atoms with E-state index in [1.165, 1.54) is 0 Å². The molecule has 4 nitrogen and oxygen atoms in total. The molecule has 0 bridgehead atoms. The van der Waals surface area contributed by atoms with Gasteiger partial charge in [0.05, 0.1) is 19.8 Å². The number of rotatable bonds is 13. The van der Waals surface area contributed by atoms with Gasteiger partial charge in [-0.3, -0.25) is 0 Å². The van der Waals surface area contributed by atoms with Crippen molar-refractivity contribution >= 4 is 0 Å². The molecule has 0 aliphatic carbocycles. The smallest absolute Gasteiger partial charge is 0.176 e. The molecule has 0 aliphatic heterocycles. The highest BCUT2D eigenvalue weighted by Crippen LogP contribution is 2.02. The van der Waals surface area contributed by atoms with E-state index in [0.29, 0.717) is 13.4 Å². The Labute approximate surface area is 111 Å². The van der Waals surface area contributed by atoms with Crippen LogP contribution >= 0.6 is 0 Å². The Bertz CT molecular complexity index is 173. The molecule has 108 valence electrons. The minimum atomic E-state index is -0.255. The van der Waals surface area contributed by atoms with Crippen molar-refractivity contribution in [1.82, 2.24) is 0 Å². The Balaban J connectivity index is 3.78. The molecule has 0 fully saturated rings. The summed E-state index contributed by atoms with van der Waals surface area (Å²) in [5, 5.41) is 0. The quantitative estimate of drug-likeness (QED) is 0.290. The molecule has 0 aliphatic rings. The molecule has 0 amide bonds. The van der Waals surface area contributed by atoms with Crippen LogP contribution in [0.25, 0.3) is 0 Å². The van der Waals surface area contributed by atoms with E-state index < -0.39 is 0 Å². The molecule has 0 atom stereocenters. The maximum atomic E-state index is 5.64. The Morgan fingerprint density at radius 3 is 2.11 bits per heavy atom. The van der Waals surface area contributed by atoms with Crippen LogP contribution in [0.2, 0.25) is 0 Å². The minimum Gasteiger partial charge on any atom is -0.359 e. The van der Waals surface area contributed by atoms with Crippen molar-refractivity contribution in [2.45, 2.75) is 45.8 Å². The fraction of sp³-hybridized carbons (Fsp3) is 0.857. The highest BCUT2D eigenvalue weighted by atomic mass is 16.7. The SMILES string of the molecule is CCCCOC(C=CCOCOC)OCCCC. The zero-order valence-electron chi connectivity index (χ0n) is 12.0. The first-order valence-corrected chi connectivity index (χ1v) is 6.81. The van der Waals surface area contributed by atoms with Crippen molar-refractivity contribution in [1.29, 1.82) is 0 Å². The summed E-state index contributed by atoms with van der Waals surface area (Å²) < 4.78 is 21.2. The van der Waals surface area contributed by atoms with E-state index in [1.807, 2.05) is 12.2 Å². The molecule has 0 heterocycles. The lowest BCUT2D eigenvalue weighted by molar-refractivity contribution is -0.113.